The number of likely N-dealkylation sites (N-methyl/N-ethyl adjacent to an activating group) is 1. The van der Waals surface area contributed by atoms with E-state index in [-0.39, 0.29) is 17.9 Å². The number of hydrogen-bond acceptors (Lipinski definition) is 3. The average Bonchev–Trinajstić information content (AvgIpc) is 3.05. The van der Waals surface area contributed by atoms with Crippen molar-refractivity contribution in [1.29, 1.82) is 0 Å². The lowest BCUT2D eigenvalue weighted by Crippen LogP contribution is -2.37. The molecule has 1 unspecified atom stereocenters. The van der Waals surface area contributed by atoms with E-state index in [9.17, 15) is 9.59 Å². The van der Waals surface area contributed by atoms with E-state index in [2.05, 4.69) is 11.4 Å². The minimum atomic E-state index is -0.341. The Morgan fingerprint density at radius 3 is 2.54 bits per heavy atom. The van der Waals surface area contributed by atoms with Gasteiger partial charge in [-0.15, -0.1) is 0 Å². The Bertz CT molecular complexity index is 847. The van der Waals surface area contributed by atoms with Gasteiger partial charge in [0.1, 0.15) is 6.04 Å². The van der Waals surface area contributed by atoms with Gasteiger partial charge in [0.15, 0.2) is 0 Å². The first kappa shape index (κ1) is 20.1. The van der Waals surface area contributed by atoms with Crippen molar-refractivity contribution in [2.45, 2.75) is 38.9 Å². The van der Waals surface area contributed by atoms with Gasteiger partial charge in [-0.3, -0.25) is 14.5 Å². The van der Waals surface area contributed by atoms with Crippen molar-refractivity contribution in [3.05, 3.63) is 70.8 Å². The minimum absolute atomic E-state index is 0.0253. The van der Waals surface area contributed by atoms with E-state index in [0.717, 1.165) is 35.2 Å². The van der Waals surface area contributed by atoms with Crippen LogP contribution in [0.4, 0.5) is 0 Å². The minimum Gasteiger partial charge on any atom is -0.350 e. The van der Waals surface area contributed by atoms with Gasteiger partial charge < -0.3 is 10.2 Å². The molecule has 1 saturated heterocycles. The van der Waals surface area contributed by atoms with E-state index in [0.29, 0.717) is 19.5 Å². The Morgan fingerprint density at radius 2 is 1.89 bits per heavy atom. The Morgan fingerprint density at radius 1 is 1.14 bits per heavy atom. The molecule has 28 heavy (non-hydrogen) atoms. The number of benzene rings is 2. The lowest BCUT2D eigenvalue weighted by atomic mass is 10.0. The molecule has 2 amide bonds. The number of carbonyl (C=O) groups excluding carboxylic acids is 2. The number of likely N-dealkylation sites (tertiary alicyclic amines) is 1. The number of rotatable bonds is 7. The quantitative estimate of drug-likeness (QED) is 0.805. The summed E-state index contributed by atoms with van der Waals surface area (Å²) >= 11 is 0. The average molecular weight is 380 g/mol. The fourth-order valence-electron chi connectivity index (χ4n) is 3.76. The molecule has 5 nitrogen and oxygen atoms in total. The number of nitrogens with one attached hydrogen (secondary N) is 1. The van der Waals surface area contributed by atoms with Gasteiger partial charge in [0.2, 0.25) is 11.8 Å². The highest BCUT2D eigenvalue weighted by atomic mass is 16.2. The van der Waals surface area contributed by atoms with Gasteiger partial charge in [-0.2, -0.15) is 0 Å². The number of hydrogen-bond donors (Lipinski definition) is 1. The molecule has 0 aromatic heterocycles. The van der Waals surface area contributed by atoms with E-state index >= 15 is 0 Å². The second kappa shape index (κ2) is 9.02. The summed E-state index contributed by atoms with van der Waals surface area (Å²) in [6.07, 6.45) is 1.57. The molecule has 1 atom stereocenters. The normalized spacial score (nSPS) is 15.1. The fourth-order valence-corrected chi connectivity index (χ4v) is 3.76. The summed E-state index contributed by atoms with van der Waals surface area (Å²) in [6, 6.07) is 15.7. The molecule has 3 rings (SSSR count). The molecule has 0 aliphatic carbocycles. The maximum Gasteiger partial charge on any atom is 0.242 e. The van der Waals surface area contributed by atoms with Gasteiger partial charge >= 0.3 is 0 Å². The summed E-state index contributed by atoms with van der Waals surface area (Å²) in [5.74, 6) is 0.189. The third kappa shape index (κ3) is 4.78. The maximum absolute atomic E-state index is 13.0. The highest BCUT2D eigenvalue weighted by Crippen LogP contribution is 2.21. The molecule has 0 radical (unpaired) electrons. The standard InChI is InChI=1S/C23H29N3O2/c1-17-8-6-11-18(14-17)22(25(2)3)23(28)24-15-19-9-4-5-10-20(19)16-26-13-7-12-21(26)27/h4-6,8-11,14,22H,7,12-13,15-16H2,1-3H3,(H,24,28). The third-order valence-electron chi connectivity index (χ3n) is 5.23. The monoisotopic (exact) mass is 379 g/mol. The van der Waals surface area contributed by atoms with Crippen LogP contribution in [0.3, 0.4) is 0 Å². The van der Waals surface area contributed by atoms with Crippen LogP contribution in [0.25, 0.3) is 0 Å². The summed E-state index contributed by atoms with van der Waals surface area (Å²) in [7, 11) is 3.83. The molecular formula is C23H29N3O2. The van der Waals surface area contributed by atoms with Crippen LogP contribution in [0, 0.1) is 6.92 Å². The van der Waals surface area contributed by atoms with Crippen molar-refractivity contribution in [3.63, 3.8) is 0 Å². The molecule has 148 valence electrons. The number of nitrogens with zero attached hydrogens (tertiary/aromatic N) is 2. The van der Waals surface area contributed by atoms with Crippen molar-refractivity contribution in [2.75, 3.05) is 20.6 Å². The molecule has 2 aromatic carbocycles. The Hall–Kier alpha value is -2.66. The summed E-state index contributed by atoms with van der Waals surface area (Å²) in [5.41, 5.74) is 4.27. The zero-order chi connectivity index (χ0) is 20.1. The summed E-state index contributed by atoms with van der Waals surface area (Å²) in [5, 5.41) is 3.09. The van der Waals surface area contributed by atoms with Crippen LogP contribution in [0.1, 0.15) is 41.1 Å². The van der Waals surface area contributed by atoms with Gasteiger partial charge in [0.05, 0.1) is 0 Å². The first-order valence-electron chi connectivity index (χ1n) is 9.81. The van der Waals surface area contributed by atoms with Crippen LogP contribution in [0.2, 0.25) is 0 Å². The van der Waals surface area contributed by atoms with Gasteiger partial charge in [-0.1, -0.05) is 54.1 Å². The van der Waals surface area contributed by atoms with E-state index < -0.39 is 0 Å². The molecule has 1 N–H and O–H groups in total. The van der Waals surface area contributed by atoms with E-state index in [1.165, 1.54) is 0 Å². The van der Waals surface area contributed by atoms with Gasteiger partial charge in [0, 0.05) is 26.1 Å². The van der Waals surface area contributed by atoms with Gasteiger partial charge in [-0.05, 0) is 44.1 Å². The molecule has 1 heterocycles. The molecule has 0 bridgehead atoms. The van der Waals surface area contributed by atoms with Crippen molar-refractivity contribution in [1.82, 2.24) is 15.1 Å². The van der Waals surface area contributed by atoms with Crippen molar-refractivity contribution >= 4 is 11.8 Å². The second-order valence-corrected chi connectivity index (χ2v) is 7.69. The summed E-state index contributed by atoms with van der Waals surface area (Å²) in [6.45, 7) is 3.91. The predicted octanol–water partition coefficient (Wildman–Crippen LogP) is 3.04. The molecule has 0 spiro atoms. The number of carbonyl (C=O) groups is 2. The Kier molecular flexibility index (Phi) is 6.47. The topological polar surface area (TPSA) is 52.7 Å². The Labute approximate surface area is 167 Å². The second-order valence-electron chi connectivity index (χ2n) is 7.69. The van der Waals surface area contributed by atoms with Crippen molar-refractivity contribution in [3.8, 4) is 0 Å². The largest absolute Gasteiger partial charge is 0.350 e. The molecule has 5 heteroatoms. The lowest BCUT2D eigenvalue weighted by molar-refractivity contribution is -0.128. The molecule has 1 aliphatic rings. The molecule has 2 aromatic rings. The number of aryl methyl sites for hydroxylation is 1. The summed E-state index contributed by atoms with van der Waals surface area (Å²) < 4.78 is 0. The molecular weight excluding hydrogens is 350 g/mol. The van der Waals surface area contributed by atoms with E-state index in [1.807, 2.05) is 73.3 Å². The van der Waals surface area contributed by atoms with Gasteiger partial charge in [0.25, 0.3) is 0 Å². The zero-order valence-corrected chi connectivity index (χ0v) is 16.9. The number of amides is 2. The predicted molar refractivity (Wildman–Crippen MR) is 111 cm³/mol. The van der Waals surface area contributed by atoms with Crippen LogP contribution < -0.4 is 5.32 Å². The molecule has 1 fully saturated rings. The Balaban J connectivity index is 1.70. The summed E-state index contributed by atoms with van der Waals surface area (Å²) in [4.78, 5) is 28.7. The third-order valence-corrected chi connectivity index (χ3v) is 5.23. The van der Waals surface area contributed by atoms with Crippen molar-refractivity contribution < 1.29 is 9.59 Å². The lowest BCUT2D eigenvalue weighted by Gasteiger charge is -2.25. The van der Waals surface area contributed by atoms with E-state index in [4.69, 9.17) is 0 Å². The highest BCUT2D eigenvalue weighted by molar-refractivity contribution is 5.83. The van der Waals surface area contributed by atoms with Crippen molar-refractivity contribution in [2.24, 2.45) is 0 Å². The molecule has 1 aliphatic heterocycles. The first-order valence-corrected chi connectivity index (χ1v) is 9.81. The first-order chi connectivity index (χ1) is 13.5. The van der Waals surface area contributed by atoms with Crippen LogP contribution in [-0.4, -0.2) is 42.3 Å². The molecule has 0 saturated carbocycles. The maximum atomic E-state index is 13.0. The van der Waals surface area contributed by atoms with Crippen LogP contribution >= 0.6 is 0 Å². The van der Waals surface area contributed by atoms with Gasteiger partial charge in [-0.25, -0.2) is 0 Å². The van der Waals surface area contributed by atoms with Crippen LogP contribution in [-0.2, 0) is 22.7 Å². The van der Waals surface area contributed by atoms with Crippen LogP contribution in [0.5, 0.6) is 0 Å². The smallest absolute Gasteiger partial charge is 0.242 e. The SMILES string of the molecule is Cc1cccc(C(C(=O)NCc2ccccc2CN2CCCC2=O)N(C)C)c1. The highest BCUT2D eigenvalue weighted by Gasteiger charge is 2.24. The zero-order valence-electron chi connectivity index (χ0n) is 16.9. The fraction of sp³-hybridized carbons (Fsp3) is 0.391. The van der Waals surface area contributed by atoms with Crippen LogP contribution in [0.15, 0.2) is 48.5 Å². The van der Waals surface area contributed by atoms with E-state index in [1.54, 1.807) is 0 Å².